The molecule has 0 fully saturated rings. The second-order valence-corrected chi connectivity index (χ2v) is 3.84. The van der Waals surface area contributed by atoms with Crippen molar-refractivity contribution in [2.24, 2.45) is 5.11 Å². The molecule has 0 saturated carbocycles. The second kappa shape index (κ2) is 6.99. The van der Waals surface area contributed by atoms with Crippen molar-refractivity contribution in [3.63, 3.8) is 0 Å². The average molecular weight is 291 g/mol. The minimum atomic E-state index is -4.90. The molecule has 0 spiro atoms. The Kier molecular flexibility index (Phi) is 5.63. The molecule has 6 nitrogen and oxygen atoms in total. The molecule has 0 amide bonds. The van der Waals surface area contributed by atoms with E-state index >= 15 is 0 Å². The predicted octanol–water partition coefficient (Wildman–Crippen LogP) is 2.68. The Morgan fingerprint density at radius 1 is 1.30 bits per heavy atom. The maximum Gasteiger partial charge on any atom is 0.573 e. The van der Waals surface area contributed by atoms with Gasteiger partial charge in [-0.25, -0.2) is 0 Å². The van der Waals surface area contributed by atoms with Crippen molar-refractivity contribution >= 4 is 0 Å². The Morgan fingerprint density at radius 3 is 2.55 bits per heavy atom. The number of alkyl halides is 3. The molecule has 0 aliphatic carbocycles. The zero-order chi connectivity index (χ0) is 15.2. The van der Waals surface area contributed by atoms with Gasteiger partial charge in [-0.1, -0.05) is 23.3 Å². The van der Waals surface area contributed by atoms with Gasteiger partial charge in [0.25, 0.3) is 0 Å². The largest absolute Gasteiger partial charge is 0.573 e. The van der Waals surface area contributed by atoms with Crippen LogP contribution < -0.4 is 4.74 Å². The van der Waals surface area contributed by atoms with Gasteiger partial charge in [0.15, 0.2) is 0 Å². The lowest BCUT2D eigenvalue weighted by Gasteiger charge is -2.20. The monoisotopic (exact) mass is 291 g/mol. The van der Waals surface area contributed by atoms with E-state index in [1.54, 1.807) is 0 Å². The van der Waals surface area contributed by atoms with Crippen molar-refractivity contribution in [1.82, 2.24) is 0 Å². The normalized spacial score (nSPS) is 14.2. The molecule has 0 heterocycles. The Morgan fingerprint density at radius 2 is 1.95 bits per heavy atom. The van der Waals surface area contributed by atoms with Crippen molar-refractivity contribution in [3.05, 3.63) is 40.3 Å². The molecular formula is C11H12F3N3O3. The summed E-state index contributed by atoms with van der Waals surface area (Å²) in [5, 5.41) is 22.7. The number of nitrogens with zero attached hydrogens (tertiary/aromatic N) is 3. The number of ether oxygens (including phenoxy) is 1. The number of azide groups is 1. The summed E-state index contributed by atoms with van der Waals surface area (Å²) in [5.74, 6) is -0.588. The number of hydrogen-bond donors (Lipinski definition) is 2. The first kappa shape index (κ1) is 16.1. The van der Waals surface area contributed by atoms with Gasteiger partial charge in [0.1, 0.15) is 11.9 Å². The third-order valence-corrected chi connectivity index (χ3v) is 2.42. The Balaban J connectivity index is 2.86. The fourth-order valence-corrected chi connectivity index (χ4v) is 1.54. The Bertz CT molecular complexity index is 489. The molecule has 0 aliphatic rings. The molecule has 110 valence electrons. The van der Waals surface area contributed by atoms with Gasteiger partial charge in [0.05, 0.1) is 6.10 Å². The van der Waals surface area contributed by atoms with Crippen LogP contribution >= 0.6 is 0 Å². The van der Waals surface area contributed by atoms with Crippen LogP contribution in [0.5, 0.6) is 5.75 Å². The maximum atomic E-state index is 12.2. The van der Waals surface area contributed by atoms with Gasteiger partial charge >= 0.3 is 6.36 Å². The van der Waals surface area contributed by atoms with E-state index in [9.17, 15) is 23.4 Å². The van der Waals surface area contributed by atoms with E-state index < -0.39 is 24.3 Å². The Hall–Kier alpha value is -1.96. The lowest BCUT2D eigenvalue weighted by atomic mass is 10.0. The van der Waals surface area contributed by atoms with Crippen LogP contribution in [-0.4, -0.2) is 29.2 Å². The highest BCUT2D eigenvalue weighted by molar-refractivity contribution is 5.35. The molecule has 2 unspecified atom stereocenters. The molecule has 9 heteroatoms. The molecule has 0 radical (unpaired) electrons. The van der Waals surface area contributed by atoms with E-state index in [2.05, 4.69) is 14.8 Å². The molecule has 0 aliphatic heterocycles. The van der Waals surface area contributed by atoms with Crippen molar-refractivity contribution in [1.29, 1.82) is 0 Å². The Labute approximate surface area is 112 Å². The number of rotatable bonds is 6. The SMILES string of the molecule is [N-]=[N+]=NCCC(O)C(O)c1ccccc1OC(F)(F)F. The number of hydrogen-bond acceptors (Lipinski definition) is 4. The van der Waals surface area contributed by atoms with Crippen molar-refractivity contribution in [3.8, 4) is 5.75 Å². The molecule has 0 saturated heterocycles. The van der Waals surface area contributed by atoms with Crippen LogP contribution in [0.1, 0.15) is 18.1 Å². The van der Waals surface area contributed by atoms with Crippen molar-refractivity contribution in [2.75, 3.05) is 6.54 Å². The van der Waals surface area contributed by atoms with Crippen LogP contribution in [0.15, 0.2) is 29.4 Å². The number of aliphatic hydroxyl groups excluding tert-OH is 2. The van der Waals surface area contributed by atoms with Crippen LogP contribution in [0.2, 0.25) is 0 Å². The van der Waals surface area contributed by atoms with Crippen molar-refractivity contribution in [2.45, 2.75) is 25.0 Å². The highest BCUT2D eigenvalue weighted by Gasteiger charge is 2.33. The van der Waals surface area contributed by atoms with E-state index in [0.29, 0.717) is 0 Å². The van der Waals surface area contributed by atoms with Crippen molar-refractivity contribution < 1.29 is 28.1 Å². The summed E-state index contributed by atoms with van der Waals surface area (Å²) < 4.78 is 40.4. The summed E-state index contributed by atoms with van der Waals surface area (Å²) in [7, 11) is 0. The van der Waals surface area contributed by atoms with Crippen LogP contribution in [0.4, 0.5) is 13.2 Å². The fourth-order valence-electron chi connectivity index (χ4n) is 1.54. The molecule has 2 atom stereocenters. The average Bonchev–Trinajstić information content (AvgIpc) is 2.37. The molecule has 2 N–H and O–H groups in total. The molecule has 1 aromatic carbocycles. The van der Waals surface area contributed by atoms with Gasteiger partial charge in [0.2, 0.25) is 0 Å². The summed E-state index contributed by atoms with van der Waals surface area (Å²) in [5.41, 5.74) is 7.88. The lowest BCUT2D eigenvalue weighted by Crippen LogP contribution is -2.23. The summed E-state index contributed by atoms with van der Waals surface area (Å²) >= 11 is 0. The minimum Gasteiger partial charge on any atom is -0.405 e. The maximum absolute atomic E-state index is 12.2. The minimum absolute atomic E-state index is 0.0863. The quantitative estimate of drug-likeness (QED) is 0.479. The van der Waals surface area contributed by atoms with Gasteiger partial charge in [0, 0.05) is 17.0 Å². The number of benzene rings is 1. The first-order valence-corrected chi connectivity index (χ1v) is 5.57. The zero-order valence-corrected chi connectivity index (χ0v) is 10.2. The third kappa shape index (κ3) is 4.96. The van der Waals surface area contributed by atoms with E-state index in [4.69, 9.17) is 5.53 Å². The summed E-state index contributed by atoms with van der Waals surface area (Å²) in [6.07, 6.45) is -7.95. The van der Waals surface area contributed by atoms with Crippen LogP contribution in [0.25, 0.3) is 10.4 Å². The van der Waals surface area contributed by atoms with Crippen LogP contribution in [0, 0.1) is 0 Å². The molecule has 1 rings (SSSR count). The zero-order valence-electron chi connectivity index (χ0n) is 10.2. The fraction of sp³-hybridized carbons (Fsp3) is 0.455. The molecule has 0 bridgehead atoms. The number of para-hydroxylation sites is 1. The van der Waals surface area contributed by atoms with Gasteiger partial charge in [-0.3, -0.25) is 0 Å². The van der Waals surface area contributed by atoms with E-state index in [1.807, 2.05) is 0 Å². The first-order valence-electron chi connectivity index (χ1n) is 5.57. The number of aliphatic hydroxyl groups is 2. The van der Waals surface area contributed by atoms with Gasteiger partial charge in [-0.05, 0) is 18.0 Å². The molecular weight excluding hydrogens is 279 g/mol. The van der Waals surface area contributed by atoms with Gasteiger partial charge in [-0.2, -0.15) is 0 Å². The highest BCUT2D eigenvalue weighted by Crippen LogP contribution is 2.32. The van der Waals surface area contributed by atoms with E-state index in [-0.39, 0.29) is 18.5 Å². The van der Waals surface area contributed by atoms with Gasteiger partial charge in [-0.15, -0.1) is 13.2 Å². The smallest absolute Gasteiger partial charge is 0.405 e. The van der Waals surface area contributed by atoms with E-state index in [0.717, 1.165) is 6.07 Å². The molecule has 0 aromatic heterocycles. The molecule has 1 aromatic rings. The predicted molar refractivity (Wildman–Crippen MR) is 62.7 cm³/mol. The first-order chi connectivity index (χ1) is 9.35. The van der Waals surface area contributed by atoms with Crippen LogP contribution in [0.3, 0.4) is 0 Å². The van der Waals surface area contributed by atoms with Gasteiger partial charge < -0.3 is 14.9 Å². The van der Waals surface area contributed by atoms with Crippen LogP contribution in [-0.2, 0) is 0 Å². The second-order valence-electron chi connectivity index (χ2n) is 3.84. The molecule has 20 heavy (non-hydrogen) atoms. The lowest BCUT2D eigenvalue weighted by molar-refractivity contribution is -0.275. The summed E-state index contributed by atoms with van der Waals surface area (Å²) in [4.78, 5) is 2.46. The van der Waals surface area contributed by atoms with E-state index in [1.165, 1.54) is 18.2 Å². The highest BCUT2D eigenvalue weighted by atomic mass is 19.4. The number of halogens is 3. The third-order valence-electron chi connectivity index (χ3n) is 2.42. The summed E-state index contributed by atoms with van der Waals surface area (Å²) in [6, 6.07) is 4.96. The summed E-state index contributed by atoms with van der Waals surface area (Å²) in [6.45, 7) is -0.0863. The topological polar surface area (TPSA) is 98.5 Å². The standard InChI is InChI=1S/C11H12F3N3O3/c12-11(13,14)20-9-4-2-1-3-7(9)10(19)8(18)5-6-16-17-15/h1-4,8,10,18-19H,5-6H2.